The van der Waals surface area contributed by atoms with E-state index in [4.69, 9.17) is 9.62 Å². The van der Waals surface area contributed by atoms with Gasteiger partial charge in [0.05, 0.1) is 19.1 Å². The number of nitrogens with one attached hydrogen (secondary N) is 1. The quantitative estimate of drug-likeness (QED) is 0.440. The summed E-state index contributed by atoms with van der Waals surface area (Å²) in [7, 11) is 3.65. The first-order valence-electron chi connectivity index (χ1n) is 10.9. The van der Waals surface area contributed by atoms with Gasteiger partial charge in [-0.2, -0.15) is 0 Å². The topological polar surface area (TPSA) is 67.8 Å². The van der Waals surface area contributed by atoms with E-state index >= 15 is 0 Å². The Morgan fingerprint density at radius 1 is 1.04 bits per heavy atom. The molecule has 4 rings (SSSR count). The van der Waals surface area contributed by atoms with Gasteiger partial charge in [-0.05, 0) is 93.4 Å². The molecule has 0 aromatic heterocycles. The fraction of sp³-hybridized carbons (Fsp3) is 0.955. The van der Waals surface area contributed by atoms with Gasteiger partial charge in [0.15, 0.2) is 0 Å². The van der Waals surface area contributed by atoms with Gasteiger partial charge in [-0.15, -0.1) is 0 Å². The minimum atomic E-state index is -0.0232. The van der Waals surface area contributed by atoms with Crippen molar-refractivity contribution in [3.63, 3.8) is 0 Å². The van der Waals surface area contributed by atoms with Crippen molar-refractivity contribution >= 4 is 5.97 Å². The van der Waals surface area contributed by atoms with Gasteiger partial charge in [0.2, 0.25) is 0 Å². The first-order valence-corrected chi connectivity index (χ1v) is 10.9. The van der Waals surface area contributed by atoms with E-state index in [0.717, 1.165) is 38.5 Å². The molecule has 27 heavy (non-hydrogen) atoms. The van der Waals surface area contributed by atoms with Gasteiger partial charge >= 0.3 is 5.97 Å². The van der Waals surface area contributed by atoms with E-state index in [9.17, 15) is 10.1 Å². The third kappa shape index (κ3) is 2.50. The Hall–Kier alpha value is -0.650. The first-order chi connectivity index (χ1) is 12.9. The van der Waals surface area contributed by atoms with Crippen LogP contribution in [0.3, 0.4) is 0 Å². The van der Waals surface area contributed by atoms with Crippen molar-refractivity contribution in [2.75, 3.05) is 14.2 Å². The number of fused-ring (bicyclic) bond motifs is 5. The molecule has 0 radical (unpaired) electrons. The molecule has 0 aliphatic heterocycles. The summed E-state index contributed by atoms with van der Waals surface area (Å²) in [5.41, 5.74) is 0.337. The van der Waals surface area contributed by atoms with Crippen LogP contribution in [0.1, 0.15) is 71.6 Å². The molecule has 0 spiro atoms. The fourth-order valence-corrected chi connectivity index (χ4v) is 8.44. The number of methoxy groups -OCH3 is 1. The summed E-state index contributed by atoms with van der Waals surface area (Å²) in [6.45, 7) is 4.85. The van der Waals surface area contributed by atoms with E-state index in [0.29, 0.717) is 23.2 Å². The van der Waals surface area contributed by atoms with E-state index in [1.807, 2.05) is 0 Å². The van der Waals surface area contributed by atoms with Crippen molar-refractivity contribution in [2.24, 2.45) is 34.5 Å². The van der Waals surface area contributed by atoms with Gasteiger partial charge in [-0.1, -0.05) is 13.8 Å². The van der Waals surface area contributed by atoms with E-state index < -0.39 is 0 Å². The molecule has 8 unspecified atom stereocenters. The highest BCUT2D eigenvalue weighted by Gasteiger charge is 2.68. The minimum absolute atomic E-state index is 0.0138. The molecule has 0 saturated heterocycles. The lowest BCUT2D eigenvalue weighted by Crippen LogP contribution is -2.67. The number of rotatable bonds is 3. The monoisotopic (exact) mass is 379 g/mol. The summed E-state index contributed by atoms with van der Waals surface area (Å²) < 4.78 is 5.20. The summed E-state index contributed by atoms with van der Waals surface area (Å²) in [4.78, 5) is 17.3. The van der Waals surface area contributed by atoms with E-state index in [1.54, 1.807) is 0 Å². The van der Waals surface area contributed by atoms with Gasteiger partial charge in [0.25, 0.3) is 0 Å². The summed E-state index contributed by atoms with van der Waals surface area (Å²) >= 11 is 0. The van der Waals surface area contributed by atoms with Crippen molar-refractivity contribution in [2.45, 2.75) is 83.3 Å². The Morgan fingerprint density at radius 3 is 2.48 bits per heavy atom. The highest BCUT2D eigenvalue weighted by Crippen LogP contribution is 2.69. The molecule has 4 aliphatic carbocycles. The standard InChI is InChI=1S/C22H37NO4/c1-20-10-7-15(27-25)13-14(20)5-6-17-16(20)8-11-21(2)18(19(24)26-4)9-12-22(17,21)23-3/h14-18,23,25H,5-13H2,1-4H3. The number of hydrogen-bond donors (Lipinski definition) is 2. The molecular weight excluding hydrogens is 342 g/mol. The molecule has 0 bridgehead atoms. The second kappa shape index (κ2) is 6.70. The van der Waals surface area contributed by atoms with Gasteiger partial charge < -0.3 is 10.1 Å². The molecular formula is C22H37NO4. The van der Waals surface area contributed by atoms with Crippen molar-refractivity contribution in [3.05, 3.63) is 0 Å². The number of carbonyl (C=O) groups is 1. The summed E-state index contributed by atoms with van der Waals surface area (Å²) in [5.74, 6) is 1.94. The molecule has 4 saturated carbocycles. The number of esters is 1. The van der Waals surface area contributed by atoms with Gasteiger partial charge in [-0.25, -0.2) is 4.89 Å². The Morgan fingerprint density at radius 2 is 1.81 bits per heavy atom. The highest BCUT2D eigenvalue weighted by atomic mass is 17.1. The zero-order valence-corrected chi connectivity index (χ0v) is 17.4. The zero-order valence-electron chi connectivity index (χ0n) is 17.4. The molecule has 8 atom stereocenters. The number of hydrogen-bond acceptors (Lipinski definition) is 5. The lowest BCUT2D eigenvalue weighted by atomic mass is 9.42. The molecule has 4 aliphatic rings. The predicted octanol–water partition coefficient (Wildman–Crippen LogP) is 4.02. The fourth-order valence-electron chi connectivity index (χ4n) is 8.44. The molecule has 0 amide bonds. The first kappa shape index (κ1) is 19.7. The number of ether oxygens (including phenoxy) is 1. The average molecular weight is 380 g/mol. The number of carbonyl (C=O) groups excluding carboxylic acids is 1. The highest BCUT2D eigenvalue weighted by molar-refractivity contribution is 5.74. The van der Waals surface area contributed by atoms with Crippen molar-refractivity contribution in [3.8, 4) is 0 Å². The van der Waals surface area contributed by atoms with Crippen LogP contribution in [0.25, 0.3) is 0 Å². The molecule has 4 fully saturated rings. The molecule has 0 aromatic rings. The zero-order chi connectivity index (χ0) is 19.4. The van der Waals surface area contributed by atoms with Crippen LogP contribution < -0.4 is 5.32 Å². The van der Waals surface area contributed by atoms with E-state index in [1.165, 1.54) is 26.4 Å². The lowest BCUT2D eigenvalue weighted by molar-refractivity contribution is -0.296. The smallest absolute Gasteiger partial charge is 0.309 e. The molecule has 2 N–H and O–H groups in total. The molecule has 5 heteroatoms. The summed E-state index contributed by atoms with van der Waals surface area (Å²) in [6.07, 6.45) is 9.84. The second-order valence-corrected chi connectivity index (χ2v) is 10.3. The van der Waals surface area contributed by atoms with Gasteiger partial charge in [0.1, 0.15) is 0 Å². The van der Waals surface area contributed by atoms with Gasteiger partial charge in [-0.3, -0.25) is 10.1 Å². The normalized spacial score (nSPS) is 51.8. The molecule has 0 aromatic carbocycles. The summed E-state index contributed by atoms with van der Waals surface area (Å²) in [5, 5.41) is 13.0. The predicted molar refractivity (Wildman–Crippen MR) is 103 cm³/mol. The second-order valence-electron chi connectivity index (χ2n) is 10.3. The van der Waals surface area contributed by atoms with Crippen molar-refractivity contribution in [1.29, 1.82) is 0 Å². The van der Waals surface area contributed by atoms with Crippen LogP contribution >= 0.6 is 0 Å². The van der Waals surface area contributed by atoms with Crippen LogP contribution in [0, 0.1) is 34.5 Å². The van der Waals surface area contributed by atoms with Gasteiger partial charge in [0, 0.05) is 5.54 Å². The van der Waals surface area contributed by atoms with Crippen LogP contribution in [0.4, 0.5) is 0 Å². The third-order valence-electron chi connectivity index (χ3n) is 9.95. The SMILES string of the molecule is CNC12CCC(C(=O)OC)C1(C)CCC1C2CCC2CC(OO)CCC21C. The molecule has 5 nitrogen and oxygen atoms in total. The maximum absolute atomic E-state index is 12.6. The molecule has 0 heterocycles. The Bertz CT molecular complexity index is 597. The maximum atomic E-state index is 12.6. The third-order valence-corrected chi connectivity index (χ3v) is 9.95. The van der Waals surface area contributed by atoms with E-state index in [-0.39, 0.29) is 28.9 Å². The summed E-state index contributed by atoms with van der Waals surface area (Å²) in [6, 6.07) is 0. The Kier molecular flexibility index (Phi) is 4.88. The van der Waals surface area contributed by atoms with Crippen molar-refractivity contribution in [1.82, 2.24) is 5.32 Å². The van der Waals surface area contributed by atoms with Crippen LogP contribution in [0.2, 0.25) is 0 Å². The van der Waals surface area contributed by atoms with E-state index in [2.05, 4.69) is 26.2 Å². The van der Waals surface area contributed by atoms with Crippen LogP contribution in [0.15, 0.2) is 0 Å². The molecule has 154 valence electrons. The van der Waals surface area contributed by atoms with Crippen molar-refractivity contribution < 1.29 is 19.7 Å². The maximum Gasteiger partial charge on any atom is 0.309 e. The lowest BCUT2D eigenvalue weighted by Gasteiger charge is -2.65. The van der Waals surface area contributed by atoms with Crippen LogP contribution in [0.5, 0.6) is 0 Å². The van der Waals surface area contributed by atoms with Crippen LogP contribution in [-0.4, -0.2) is 37.0 Å². The average Bonchev–Trinajstić information content (AvgIpc) is 3.00. The van der Waals surface area contributed by atoms with Crippen LogP contribution in [-0.2, 0) is 14.4 Å². The minimum Gasteiger partial charge on any atom is -0.469 e. The Balaban J connectivity index is 1.67. The Labute approximate surface area is 163 Å². The largest absolute Gasteiger partial charge is 0.469 e.